The molecule has 0 unspecified atom stereocenters. The molecule has 0 saturated heterocycles. The minimum absolute atomic E-state index is 0.192. The molecule has 0 aliphatic rings. The number of aryl methyl sites for hydroxylation is 1. The van der Waals surface area contributed by atoms with Gasteiger partial charge in [0.05, 0.1) is 20.1 Å². The third-order valence-corrected chi connectivity index (χ3v) is 6.21. The molecule has 0 spiro atoms. The second kappa shape index (κ2) is 12.3. The van der Waals surface area contributed by atoms with E-state index >= 15 is 0 Å². The quantitative estimate of drug-likeness (QED) is 0.281. The van der Waals surface area contributed by atoms with Crippen LogP contribution in [-0.4, -0.2) is 36.7 Å². The van der Waals surface area contributed by atoms with Crippen molar-refractivity contribution in [3.05, 3.63) is 70.4 Å². The molecule has 3 rings (SSSR count). The van der Waals surface area contributed by atoms with Gasteiger partial charge in [-0.3, -0.25) is 10.1 Å². The molecule has 2 aromatic carbocycles. The number of nitrogens with one attached hydrogen (secondary N) is 1. The van der Waals surface area contributed by atoms with E-state index in [0.717, 1.165) is 22.4 Å². The molecule has 1 heterocycles. The van der Waals surface area contributed by atoms with E-state index in [1.807, 2.05) is 42.5 Å². The number of esters is 1. The summed E-state index contributed by atoms with van der Waals surface area (Å²) in [5, 5.41) is 7.36. The zero-order valence-electron chi connectivity index (χ0n) is 18.4. The van der Waals surface area contributed by atoms with Crippen LogP contribution in [0.15, 0.2) is 53.1 Å². The molecule has 1 N–H and O–H groups in total. The van der Waals surface area contributed by atoms with Crippen molar-refractivity contribution in [1.29, 1.82) is 0 Å². The number of rotatable bonds is 10. The van der Waals surface area contributed by atoms with Crippen LogP contribution < -0.4 is 5.32 Å². The van der Waals surface area contributed by atoms with Crippen LogP contribution in [0, 0.1) is 6.92 Å². The van der Waals surface area contributed by atoms with Gasteiger partial charge in [-0.1, -0.05) is 59.2 Å². The van der Waals surface area contributed by atoms with Gasteiger partial charge in [-0.25, -0.2) is 4.79 Å². The van der Waals surface area contributed by atoms with E-state index in [2.05, 4.69) is 15.2 Å². The molecule has 3 aromatic rings. The van der Waals surface area contributed by atoms with Crippen LogP contribution in [0.4, 0.5) is 10.5 Å². The predicted octanol–water partition coefficient (Wildman–Crippen LogP) is 5.89. The molecule has 9 heteroatoms. The number of thioether (sulfide) groups is 1. The van der Waals surface area contributed by atoms with Crippen molar-refractivity contribution in [2.45, 2.75) is 25.5 Å². The Labute approximate surface area is 201 Å². The Hall–Kier alpha value is -2.97. The number of nitrogens with zero attached hydrogens (tertiary/aromatic N) is 1. The van der Waals surface area contributed by atoms with Gasteiger partial charge in [-0.15, -0.1) is 0 Å². The van der Waals surface area contributed by atoms with Crippen molar-refractivity contribution in [1.82, 2.24) is 5.16 Å². The first-order chi connectivity index (χ1) is 16.0. The van der Waals surface area contributed by atoms with Crippen molar-refractivity contribution < 1.29 is 23.6 Å². The molecule has 0 aliphatic carbocycles. The summed E-state index contributed by atoms with van der Waals surface area (Å²) in [6.45, 7) is 1.94. The molecular formula is C24H25ClN2O5S. The SMILES string of the molecule is COC(=O)CCSCc1ccc(-c2onc(C)c2NC(=O)OCCc2ccccc2Cl)cc1. The number of benzene rings is 2. The largest absolute Gasteiger partial charge is 0.469 e. The molecule has 0 atom stereocenters. The highest BCUT2D eigenvalue weighted by Crippen LogP contribution is 2.31. The average molecular weight is 489 g/mol. The van der Waals surface area contributed by atoms with Gasteiger partial charge in [-0.2, -0.15) is 11.8 Å². The number of carbonyl (C=O) groups is 2. The van der Waals surface area contributed by atoms with Crippen LogP contribution in [-0.2, 0) is 26.4 Å². The first-order valence-electron chi connectivity index (χ1n) is 10.3. The van der Waals surface area contributed by atoms with E-state index < -0.39 is 6.09 Å². The number of methoxy groups -OCH3 is 1. The Bertz CT molecular complexity index is 1080. The first kappa shape index (κ1) is 24.7. The number of halogens is 1. The third kappa shape index (κ3) is 7.27. The number of hydrogen-bond acceptors (Lipinski definition) is 7. The summed E-state index contributed by atoms with van der Waals surface area (Å²) in [5.41, 5.74) is 3.83. The zero-order valence-corrected chi connectivity index (χ0v) is 20.0. The molecule has 0 radical (unpaired) electrons. The van der Waals surface area contributed by atoms with Gasteiger partial charge in [0.1, 0.15) is 11.4 Å². The molecule has 0 saturated carbocycles. The molecule has 0 bridgehead atoms. The van der Waals surface area contributed by atoms with E-state index in [4.69, 9.17) is 20.9 Å². The molecule has 7 nitrogen and oxygen atoms in total. The highest BCUT2D eigenvalue weighted by molar-refractivity contribution is 7.98. The molecule has 0 fully saturated rings. The zero-order chi connectivity index (χ0) is 23.6. The van der Waals surface area contributed by atoms with Crippen molar-refractivity contribution in [2.75, 3.05) is 24.8 Å². The Kier molecular flexibility index (Phi) is 9.21. The standard InChI is InChI=1S/C24H25ClN2O5S/c1-16-22(26-24(29)31-13-11-18-5-3-4-6-20(18)25)23(32-27-16)19-9-7-17(8-10-19)15-33-14-12-21(28)30-2/h3-10H,11-15H2,1-2H3,(H,26,29). The summed E-state index contributed by atoms with van der Waals surface area (Å²) >= 11 is 7.79. The van der Waals surface area contributed by atoms with E-state index in [1.165, 1.54) is 7.11 Å². The Morgan fingerprint density at radius 1 is 1.15 bits per heavy atom. The van der Waals surface area contributed by atoms with Crippen LogP contribution in [0.5, 0.6) is 0 Å². The number of carbonyl (C=O) groups excluding carboxylic acids is 2. The summed E-state index contributed by atoms with van der Waals surface area (Å²) < 4.78 is 15.4. The van der Waals surface area contributed by atoms with Crippen LogP contribution in [0.25, 0.3) is 11.3 Å². The van der Waals surface area contributed by atoms with E-state index in [0.29, 0.717) is 40.8 Å². The molecule has 174 valence electrons. The average Bonchev–Trinajstić information content (AvgIpc) is 3.18. The molecule has 1 amide bonds. The maximum atomic E-state index is 12.3. The van der Waals surface area contributed by atoms with Gasteiger partial charge >= 0.3 is 12.1 Å². The van der Waals surface area contributed by atoms with Crippen molar-refractivity contribution in [3.63, 3.8) is 0 Å². The van der Waals surface area contributed by atoms with Gasteiger partial charge < -0.3 is 14.0 Å². The highest BCUT2D eigenvalue weighted by Gasteiger charge is 2.18. The monoisotopic (exact) mass is 488 g/mol. The number of amides is 1. The summed E-state index contributed by atoms with van der Waals surface area (Å²) in [6.07, 6.45) is 0.315. The number of ether oxygens (including phenoxy) is 2. The number of hydrogen-bond donors (Lipinski definition) is 1. The van der Waals surface area contributed by atoms with Crippen LogP contribution in [0.3, 0.4) is 0 Å². The Morgan fingerprint density at radius 3 is 2.64 bits per heavy atom. The topological polar surface area (TPSA) is 90.7 Å². The van der Waals surface area contributed by atoms with Gasteiger partial charge in [0.15, 0.2) is 5.76 Å². The summed E-state index contributed by atoms with van der Waals surface area (Å²) in [7, 11) is 1.39. The van der Waals surface area contributed by atoms with Crippen molar-refractivity contribution >= 4 is 41.1 Å². The summed E-state index contributed by atoms with van der Waals surface area (Å²) in [6, 6.07) is 15.2. The lowest BCUT2D eigenvalue weighted by Crippen LogP contribution is -2.16. The molecule has 0 aliphatic heterocycles. The van der Waals surface area contributed by atoms with Gasteiger partial charge in [-0.05, 0) is 24.1 Å². The highest BCUT2D eigenvalue weighted by atomic mass is 35.5. The summed E-state index contributed by atoms with van der Waals surface area (Å²) in [5.74, 6) is 1.72. The van der Waals surface area contributed by atoms with Crippen LogP contribution >= 0.6 is 23.4 Å². The van der Waals surface area contributed by atoms with Crippen LogP contribution in [0.1, 0.15) is 23.2 Å². The van der Waals surface area contributed by atoms with Crippen LogP contribution in [0.2, 0.25) is 5.02 Å². The second-order valence-corrected chi connectivity index (χ2v) is 8.66. The Morgan fingerprint density at radius 2 is 1.91 bits per heavy atom. The molecule has 1 aromatic heterocycles. The fourth-order valence-electron chi connectivity index (χ4n) is 3.01. The fourth-order valence-corrected chi connectivity index (χ4v) is 4.12. The predicted molar refractivity (Wildman–Crippen MR) is 130 cm³/mol. The van der Waals surface area contributed by atoms with Crippen molar-refractivity contribution in [2.24, 2.45) is 0 Å². The van der Waals surface area contributed by atoms with E-state index in [1.54, 1.807) is 24.8 Å². The fraction of sp³-hybridized carbons (Fsp3) is 0.292. The lowest BCUT2D eigenvalue weighted by atomic mass is 10.1. The Balaban J connectivity index is 1.54. The number of aromatic nitrogens is 1. The normalized spacial score (nSPS) is 10.6. The van der Waals surface area contributed by atoms with Gasteiger partial charge in [0.2, 0.25) is 0 Å². The third-order valence-electron chi connectivity index (χ3n) is 4.82. The van der Waals surface area contributed by atoms with Crippen molar-refractivity contribution in [3.8, 4) is 11.3 Å². The second-order valence-electron chi connectivity index (χ2n) is 7.15. The molecule has 33 heavy (non-hydrogen) atoms. The minimum Gasteiger partial charge on any atom is -0.469 e. The van der Waals surface area contributed by atoms with E-state index in [-0.39, 0.29) is 12.6 Å². The lowest BCUT2D eigenvalue weighted by Gasteiger charge is -2.09. The lowest BCUT2D eigenvalue weighted by molar-refractivity contribution is -0.140. The van der Waals surface area contributed by atoms with Gasteiger partial charge in [0.25, 0.3) is 0 Å². The number of anilines is 1. The molecular weight excluding hydrogens is 464 g/mol. The summed E-state index contributed by atoms with van der Waals surface area (Å²) in [4.78, 5) is 23.5. The smallest absolute Gasteiger partial charge is 0.411 e. The minimum atomic E-state index is -0.590. The first-order valence-corrected chi connectivity index (χ1v) is 11.9. The van der Waals surface area contributed by atoms with Gasteiger partial charge in [0, 0.05) is 28.5 Å². The maximum absolute atomic E-state index is 12.3. The van der Waals surface area contributed by atoms with E-state index in [9.17, 15) is 9.59 Å². The maximum Gasteiger partial charge on any atom is 0.411 e.